The van der Waals surface area contributed by atoms with Crippen LogP contribution >= 0.6 is 11.9 Å². The summed E-state index contributed by atoms with van der Waals surface area (Å²) < 4.78 is 51.5. The molecule has 0 aliphatic carbocycles. The van der Waals surface area contributed by atoms with Gasteiger partial charge in [-0.25, -0.2) is 0 Å². The molecule has 0 atom stereocenters. The van der Waals surface area contributed by atoms with E-state index in [1.54, 1.807) is 19.1 Å². The Bertz CT molecular complexity index is 1010. The van der Waals surface area contributed by atoms with Crippen molar-refractivity contribution in [3.63, 3.8) is 0 Å². The maximum atomic E-state index is 12.6. The minimum atomic E-state index is -4.36. The number of nitrogens with zero attached hydrogens (tertiary/aromatic N) is 3. The van der Waals surface area contributed by atoms with E-state index in [0.29, 0.717) is 28.9 Å². The van der Waals surface area contributed by atoms with Crippen LogP contribution in [-0.2, 0) is 24.2 Å². The van der Waals surface area contributed by atoms with Gasteiger partial charge in [0.25, 0.3) is 5.89 Å². The molecular formula is C20H19F3N4O3S. The molecule has 7 nitrogen and oxygen atoms in total. The molecule has 0 amide bonds. The zero-order chi connectivity index (χ0) is 22.3. The summed E-state index contributed by atoms with van der Waals surface area (Å²) in [5.74, 6) is 0.954. The van der Waals surface area contributed by atoms with Gasteiger partial charge in [-0.1, -0.05) is 34.3 Å². The van der Waals surface area contributed by atoms with Gasteiger partial charge in [0.1, 0.15) is 12.4 Å². The van der Waals surface area contributed by atoms with Crippen LogP contribution in [0.2, 0.25) is 0 Å². The molecule has 11 heteroatoms. The van der Waals surface area contributed by atoms with Crippen molar-refractivity contribution < 1.29 is 27.2 Å². The predicted octanol–water partition coefficient (Wildman–Crippen LogP) is 5.30. The second kappa shape index (κ2) is 10.2. The summed E-state index contributed by atoms with van der Waals surface area (Å²) in [4.78, 5) is 5.26. The Morgan fingerprint density at radius 1 is 1.06 bits per heavy atom. The first kappa shape index (κ1) is 22.5. The van der Waals surface area contributed by atoms with Crippen LogP contribution in [0.5, 0.6) is 5.75 Å². The van der Waals surface area contributed by atoms with Crippen LogP contribution in [0.25, 0.3) is 0 Å². The van der Waals surface area contributed by atoms with Crippen LogP contribution in [0, 0.1) is 0 Å². The fourth-order valence-corrected chi connectivity index (χ4v) is 2.68. The number of nitrogens with one attached hydrogen (secondary N) is 1. The van der Waals surface area contributed by atoms with E-state index in [9.17, 15) is 13.2 Å². The Morgan fingerprint density at radius 3 is 2.42 bits per heavy atom. The summed E-state index contributed by atoms with van der Waals surface area (Å²) in [6, 6.07) is 12.2. The highest BCUT2D eigenvalue weighted by molar-refractivity contribution is 7.99. The molecule has 0 aliphatic rings. The van der Waals surface area contributed by atoms with Gasteiger partial charge in [0, 0.05) is 6.26 Å². The molecule has 0 spiro atoms. The van der Waals surface area contributed by atoms with Crippen LogP contribution in [0.15, 0.2) is 58.1 Å². The predicted molar refractivity (Wildman–Crippen MR) is 111 cm³/mol. The molecule has 2 aromatic carbocycles. The lowest BCUT2D eigenvalue weighted by atomic mass is 10.1. The van der Waals surface area contributed by atoms with Crippen molar-refractivity contribution in [3.8, 4) is 5.75 Å². The minimum Gasteiger partial charge on any atom is -0.484 e. The zero-order valence-electron chi connectivity index (χ0n) is 16.6. The molecule has 1 heterocycles. The van der Waals surface area contributed by atoms with E-state index in [4.69, 9.17) is 14.0 Å². The van der Waals surface area contributed by atoms with Gasteiger partial charge in [-0.15, -0.1) is 5.10 Å². The van der Waals surface area contributed by atoms with Crippen LogP contribution in [-0.4, -0.2) is 22.2 Å². The molecule has 3 aromatic rings. The van der Waals surface area contributed by atoms with Crippen molar-refractivity contribution in [2.24, 2.45) is 5.16 Å². The first-order valence-corrected chi connectivity index (χ1v) is 10.2. The van der Waals surface area contributed by atoms with Gasteiger partial charge in [0.15, 0.2) is 6.61 Å². The molecule has 0 bridgehead atoms. The lowest BCUT2D eigenvalue weighted by Gasteiger charge is -2.08. The third-order valence-electron chi connectivity index (χ3n) is 4.00. The number of hydrogen-bond donors (Lipinski definition) is 1. The Balaban J connectivity index is 1.49. The molecule has 3 rings (SSSR count). The highest BCUT2D eigenvalue weighted by Crippen LogP contribution is 2.29. The molecule has 31 heavy (non-hydrogen) atoms. The molecule has 0 radical (unpaired) electrons. The van der Waals surface area contributed by atoms with Gasteiger partial charge >= 0.3 is 12.2 Å². The fraction of sp³-hybridized carbons (Fsp3) is 0.250. The van der Waals surface area contributed by atoms with E-state index >= 15 is 0 Å². The molecule has 164 valence electrons. The normalized spacial score (nSPS) is 12.0. The molecular weight excluding hydrogens is 433 g/mol. The largest absolute Gasteiger partial charge is 0.484 e. The summed E-state index contributed by atoms with van der Waals surface area (Å²) in [5, 5.41) is 11.7. The first-order valence-electron chi connectivity index (χ1n) is 9.02. The van der Waals surface area contributed by atoms with Crippen molar-refractivity contribution in [2.75, 3.05) is 11.0 Å². The average Bonchev–Trinajstić information content (AvgIpc) is 3.20. The molecule has 1 N–H and O–H groups in total. The maximum absolute atomic E-state index is 12.6. The van der Waals surface area contributed by atoms with E-state index in [1.165, 1.54) is 24.1 Å². The van der Waals surface area contributed by atoms with E-state index in [0.717, 1.165) is 17.7 Å². The SMILES string of the molecule is CSNc1nnc(COc2ccc(/C(C)=N/OCc3ccc(C(F)(F)F)cc3)cc2)o1. The molecule has 0 aliphatic heterocycles. The lowest BCUT2D eigenvalue weighted by molar-refractivity contribution is -0.137. The van der Waals surface area contributed by atoms with E-state index < -0.39 is 11.7 Å². The number of alkyl halides is 3. The summed E-state index contributed by atoms with van der Waals surface area (Å²) in [6.45, 7) is 1.96. The number of ether oxygens (including phenoxy) is 1. The Labute approximate surface area is 180 Å². The van der Waals surface area contributed by atoms with Gasteiger partial charge < -0.3 is 14.0 Å². The fourth-order valence-electron chi connectivity index (χ4n) is 2.42. The highest BCUT2D eigenvalue weighted by atomic mass is 32.2. The van der Waals surface area contributed by atoms with E-state index in [2.05, 4.69) is 20.1 Å². The standard InChI is InChI=1S/C20H19F3N4O3S/c1-13(26-29-11-14-3-7-16(8-4-14)20(21,22)23)15-5-9-17(10-6-15)28-12-18-24-25-19(30-18)27-31-2/h3-10H,11-12H2,1-2H3,(H,25,27)/b26-13+. The highest BCUT2D eigenvalue weighted by Gasteiger charge is 2.29. The summed E-state index contributed by atoms with van der Waals surface area (Å²) in [7, 11) is 0. The molecule has 0 saturated carbocycles. The van der Waals surface area contributed by atoms with Crippen LogP contribution in [0.3, 0.4) is 0 Å². The number of rotatable bonds is 9. The molecule has 0 fully saturated rings. The molecule has 0 saturated heterocycles. The first-order chi connectivity index (χ1) is 14.8. The topological polar surface area (TPSA) is 81.8 Å². The monoisotopic (exact) mass is 452 g/mol. The van der Waals surface area contributed by atoms with Crippen molar-refractivity contribution in [3.05, 3.63) is 71.1 Å². The Kier molecular flexibility index (Phi) is 7.40. The van der Waals surface area contributed by atoms with Crippen LogP contribution < -0.4 is 9.46 Å². The Hall–Kier alpha value is -3.21. The van der Waals surface area contributed by atoms with Crippen molar-refractivity contribution >= 4 is 23.7 Å². The lowest BCUT2D eigenvalue weighted by Crippen LogP contribution is -2.04. The number of benzene rings is 2. The number of oxime groups is 1. The third-order valence-corrected chi connectivity index (χ3v) is 4.38. The number of halogens is 3. The summed E-state index contributed by atoms with van der Waals surface area (Å²) in [5.41, 5.74) is 1.31. The summed E-state index contributed by atoms with van der Waals surface area (Å²) >= 11 is 1.34. The average molecular weight is 452 g/mol. The third kappa shape index (κ3) is 6.64. The quantitative estimate of drug-likeness (QED) is 0.268. The van der Waals surface area contributed by atoms with Crippen molar-refractivity contribution in [1.29, 1.82) is 0 Å². The Morgan fingerprint density at radius 2 is 1.77 bits per heavy atom. The van der Waals surface area contributed by atoms with E-state index in [1.807, 2.05) is 18.4 Å². The van der Waals surface area contributed by atoms with Gasteiger partial charge in [-0.2, -0.15) is 13.2 Å². The number of anilines is 1. The zero-order valence-corrected chi connectivity index (χ0v) is 17.5. The second-order valence-corrected chi connectivity index (χ2v) is 6.88. The smallest absolute Gasteiger partial charge is 0.416 e. The molecule has 0 unspecified atom stereocenters. The van der Waals surface area contributed by atoms with E-state index in [-0.39, 0.29) is 13.2 Å². The van der Waals surface area contributed by atoms with Crippen molar-refractivity contribution in [1.82, 2.24) is 10.2 Å². The minimum absolute atomic E-state index is 0.0637. The van der Waals surface area contributed by atoms with Gasteiger partial charge in [0.2, 0.25) is 0 Å². The molecule has 1 aromatic heterocycles. The van der Waals surface area contributed by atoms with Crippen LogP contribution in [0.4, 0.5) is 19.2 Å². The summed E-state index contributed by atoms with van der Waals surface area (Å²) in [6.07, 6.45) is -2.52. The van der Waals surface area contributed by atoms with Crippen LogP contribution in [0.1, 0.15) is 29.5 Å². The maximum Gasteiger partial charge on any atom is 0.416 e. The van der Waals surface area contributed by atoms with Crippen molar-refractivity contribution in [2.45, 2.75) is 26.3 Å². The second-order valence-electron chi connectivity index (χ2n) is 6.27. The van der Waals surface area contributed by atoms with Gasteiger partial charge in [-0.05, 0) is 54.4 Å². The number of aromatic nitrogens is 2. The van der Waals surface area contributed by atoms with Gasteiger partial charge in [0.05, 0.1) is 11.3 Å². The number of hydrogen-bond acceptors (Lipinski definition) is 8. The van der Waals surface area contributed by atoms with Gasteiger partial charge in [-0.3, -0.25) is 4.72 Å².